The average molecular weight is 470 g/mol. The first kappa shape index (κ1) is 25.0. The Morgan fingerprint density at radius 3 is 1.91 bits per heavy atom. The molecular weight excluding hydrogens is 434 g/mol. The summed E-state index contributed by atoms with van der Waals surface area (Å²) in [5.74, 6) is -1.25. The highest BCUT2D eigenvalue weighted by molar-refractivity contribution is 6.74. The second-order valence-corrected chi connectivity index (χ2v) is 15.4. The number of nitrogens with one attached hydrogen (secondary N) is 1. The van der Waals surface area contributed by atoms with Gasteiger partial charge >= 0.3 is 12.1 Å². The Kier molecular flexibility index (Phi) is 6.78. The number of ether oxygens (including phenoxy) is 1. The van der Waals surface area contributed by atoms with E-state index < -0.39 is 32.0 Å². The zero-order valence-electron chi connectivity index (χ0n) is 20.6. The van der Waals surface area contributed by atoms with E-state index in [9.17, 15) is 14.7 Å². The van der Waals surface area contributed by atoms with Gasteiger partial charge in [-0.1, -0.05) is 69.3 Å². The Balaban J connectivity index is 1.72. The van der Waals surface area contributed by atoms with E-state index in [2.05, 4.69) is 51.3 Å². The third kappa shape index (κ3) is 5.14. The van der Waals surface area contributed by atoms with Crippen LogP contribution in [-0.2, 0) is 14.0 Å². The molecule has 0 fully saturated rings. The summed E-state index contributed by atoms with van der Waals surface area (Å²) in [5, 5.41) is 12.3. The predicted molar refractivity (Wildman–Crippen MR) is 132 cm³/mol. The predicted octanol–water partition coefficient (Wildman–Crippen LogP) is 5.78. The lowest BCUT2D eigenvalue weighted by molar-refractivity contribution is -0.144. The first-order valence-electron chi connectivity index (χ1n) is 11.3. The first-order valence-corrected chi connectivity index (χ1v) is 14.2. The van der Waals surface area contributed by atoms with E-state index in [-0.39, 0.29) is 17.6 Å². The van der Waals surface area contributed by atoms with E-state index in [0.717, 1.165) is 22.3 Å². The third-order valence-corrected chi connectivity index (χ3v) is 11.5. The molecule has 0 unspecified atom stereocenters. The van der Waals surface area contributed by atoms with Crippen LogP contribution in [0.1, 0.15) is 51.7 Å². The average Bonchev–Trinajstić information content (AvgIpc) is 3.02. The van der Waals surface area contributed by atoms with Crippen molar-refractivity contribution in [2.45, 2.75) is 70.3 Å². The van der Waals surface area contributed by atoms with Gasteiger partial charge in [-0.15, -0.1) is 0 Å². The van der Waals surface area contributed by atoms with Crippen molar-refractivity contribution < 1.29 is 23.9 Å². The Labute approximate surface area is 197 Å². The molecule has 1 aliphatic carbocycles. The molecule has 0 heterocycles. The number of benzene rings is 2. The zero-order valence-corrected chi connectivity index (χ0v) is 21.6. The molecule has 33 heavy (non-hydrogen) atoms. The smallest absolute Gasteiger partial charge is 0.407 e. The van der Waals surface area contributed by atoms with Crippen LogP contribution < -0.4 is 5.32 Å². The summed E-state index contributed by atoms with van der Waals surface area (Å²) in [6.45, 7) is 13.9. The van der Waals surface area contributed by atoms with Gasteiger partial charge < -0.3 is 19.6 Å². The first-order chi connectivity index (χ1) is 15.2. The van der Waals surface area contributed by atoms with Gasteiger partial charge in [0.25, 0.3) is 0 Å². The Morgan fingerprint density at radius 2 is 1.45 bits per heavy atom. The van der Waals surface area contributed by atoms with Gasteiger partial charge in [0, 0.05) is 5.92 Å². The number of hydrogen-bond acceptors (Lipinski definition) is 4. The van der Waals surface area contributed by atoms with Crippen LogP contribution in [0.3, 0.4) is 0 Å². The minimum absolute atomic E-state index is 0.0945. The Morgan fingerprint density at radius 1 is 0.970 bits per heavy atom. The van der Waals surface area contributed by atoms with Gasteiger partial charge in [0.2, 0.25) is 0 Å². The normalized spacial score (nSPS) is 14.9. The monoisotopic (exact) mass is 469 g/mol. The van der Waals surface area contributed by atoms with Crippen LogP contribution in [0, 0.1) is 0 Å². The molecule has 2 aromatic rings. The minimum atomic E-state index is -2.27. The van der Waals surface area contributed by atoms with Gasteiger partial charge in [-0.05, 0) is 54.2 Å². The van der Waals surface area contributed by atoms with Gasteiger partial charge in [-0.25, -0.2) is 9.59 Å². The number of carbonyl (C=O) groups excluding carboxylic acids is 1. The van der Waals surface area contributed by atoms with E-state index in [4.69, 9.17) is 9.16 Å². The molecule has 0 saturated heterocycles. The number of fused-ring (bicyclic) bond motifs is 3. The molecule has 1 amide bonds. The highest BCUT2D eigenvalue weighted by Gasteiger charge is 2.47. The van der Waals surface area contributed by atoms with Crippen molar-refractivity contribution in [3.05, 3.63) is 59.7 Å². The van der Waals surface area contributed by atoms with Crippen molar-refractivity contribution >= 4 is 20.4 Å². The van der Waals surface area contributed by atoms with Crippen LogP contribution in [0.15, 0.2) is 48.5 Å². The summed E-state index contributed by atoms with van der Waals surface area (Å²) in [7, 11) is -2.27. The maximum absolute atomic E-state index is 12.7. The van der Waals surface area contributed by atoms with Gasteiger partial charge in [-0.2, -0.15) is 0 Å². The second-order valence-electron chi connectivity index (χ2n) is 10.7. The van der Waals surface area contributed by atoms with Gasteiger partial charge in [0.05, 0.1) is 5.60 Å². The van der Waals surface area contributed by atoms with Gasteiger partial charge in [0.1, 0.15) is 6.61 Å². The summed E-state index contributed by atoms with van der Waals surface area (Å²) < 4.78 is 11.9. The molecule has 0 bridgehead atoms. The molecule has 1 atom stereocenters. The molecule has 3 rings (SSSR count). The number of aliphatic carboxylic acids is 1. The lowest BCUT2D eigenvalue weighted by Crippen LogP contribution is -2.60. The van der Waals surface area contributed by atoms with Crippen LogP contribution in [-0.4, -0.2) is 43.7 Å². The Bertz CT molecular complexity index is 995. The topological polar surface area (TPSA) is 84.9 Å². The van der Waals surface area contributed by atoms with Crippen molar-refractivity contribution in [3.8, 4) is 11.1 Å². The SMILES string of the molecule is CC(C)(O[Si](C)(C)C(C)(C)C)[C@H](NC(=O)OCC1c2ccccc2-c2ccccc21)C(=O)O. The van der Waals surface area contributed by atoms with Crippen LogP contribution in [0.2, 0.25) is 18.1 Å². The number of hydrogen-bond donors (Lipinski definition) is 2. The largest absolute Gasteiger partial charge is 0.480 e. The fraction of sp³-hybridized carbons (Fsp3) is 0.462. The molecule has 0 spiro atoms. The van der Waals surface area contributed by atoms with Gasteiger partial charge in [0.15, 0.2) is 14.4 Å². The lowest BCUT2D eigenvalue weighted by atomic mass is 9.98. The number of rotatable bonds is 7. The summed E-state index contributed by atoms with van der Waals surface area (Å²) in [5.41, 5.74) is 3.36. The molecule has 1 aliphatic rings. The highest BCUT2D eigenvalue weighted by Crippen LogP contribution is 2.44. The fourth-order valence-electron chi connectivity index (χ4n) is 4.16. The Hall–Kier alpha value is -2.64. The summed E-state index contributed by atoms with van der Waals surface area (Å²) in [6.07, 6.45) is -0.767. The third-order valence-electron chi connectivity index (χ3n) is 6.87. The summed E-state index contributed by atoms with van der Waals surface area (Å²) >= 11 is 0. The summed E-state index contributed by atoms with van der Waals surface area (Å²) in [6, 6.07) is 14.9. The maximum atomic E-state index is 12.7. The molecule has 0 saturated carbocycles. The molecule has 6 nitrogen and oxygen atoms in total. The highest BCUT2D eigenvalue weighted by atomic mass is 28.4. The van der Waals surface area contributed by atoms with E-state index in [1.807, 2.05) is 36.4 Å². The van der Waals surface area contributed by atoms with Crippen molar-refractivity contribution in [3.63, 3.8) is 0 Å². The fourth-order valence-corrected chi connectivity index (χ4v) is 5.90. The molecule has 2 N–H and O–H groups in total. The molecular formula is C26H35NO5Si. The van der Waals surface area contributed by atoms with E-state index in [1.54, 1.807) is 13.8 Å². The number of carboxylic acids is 1. The van der Waals surface area contributed by atoms with Crippen LogP contribution in [0.4, 0.5) is 4.79 Å². The van der Waals surface area contributed by atoms with E-state index in [0.29, 0.717) is 0 Å². The molecule has 178 valence electrons. The molecule has 0 aliphatic heterocycles. The molecule has 0 radical (unpaired) electrons. The number of alkyl carbamates (subject to hydrolysis) is 1. The van der Waals surface area contributed by atoms with Crippen molar-refractivity contribution in [2.24, 2.45) is 0 Å². The summed E-state index contributed by atoms with van der Waals surface area (Å²) in [4.78, 5) is 24.8. The number of carbonyl (C=O) groups is 2. The zero-order chi connectivity index (χ0) is 24.6. The standard InChI is InChI=1S/C26H35NO5Si/c1-25(2,3)33(6,7)32-26(4,5)22(23(28)29)27-24(30)31-16-21-19-14-10-8-12-17(19)18-13-9-11-15-20(18)21/h8-15,21-22H,16H2,1-7H3,(H,27,30)(H,28,29)/t22-/m1/s1. The maximum Gasteiger partial charge on any atom is 0.407 e. The van der Waals surface area contributed by atoms with Crippen LogP contribution in [0.5, 0.6) is 0 Å². The minimum Gasteiger partial charge on any atom is -0.480 e. The van der Waals surface area contributed by atoms with E-state index in [1.165, 1.54) is 0 Å². The van der Waals surface area contributed by atoms with Crippen molar-refractivity contribution in [1.82, 2.24) is 5.32 Å². The number of amides is 1. The number of carboxylic acid groups (broad SMARTS) is 1. The lowest BCUT2D eigenvalue weighted by Gasteiger charge is -2.44. The quantitative estimate of drug-likeness (QED) is 0.502. The molecule has 2 aromatic carbocycles. The molecule has 7 heteroatoms. The second kappa shape index (κ2) is 8.95. The van der Waals surface area contributed by atoms with Crippen LogP contribution in [0.25, 0.3) is 11.1 Å². The molecule has 0 aromatic heterocycles. The van der Waals surface area contributed by atoms with E-state index >= 15 is 0 Å². The van der Waals surface area contributed by atoms with Crippen LogP contribution >= 0.6 is 0 Å². The van der Waals surface area contributed by atoms with Crippen molar-refractivity contribution in [1.29, 1.82) is 0 Å². The van der Waals surface area contributed by atoms with Gasteiger partial charge in [-0.3, -0.25) is 0 Å². The van der Waals surface area contributed by atoms with Crippen molar-refractivity contribution in [2.75, 3.05) is 6.61 Å².